The standard InChI is InChI=1S/C14H24N4O3/c1-5-15-12-6-10(18(20)21)7-13(17-12)16-9-11(19)8-14(2,3)4/h6-7,11,19H,5,8-9H2,1-4H3,(H2,15,16,17). The van der Waals surface area contributed by atoms with Gasteiger partial charge >= 0.3 is 0 Å². The first kappa shape index (κ1) is 17.2. The smallest absolute Gasteiger partial charge is 0.276 e. The quantitative estimate of drug-likeness (QED) is 0.528. The van der Waals surface area contributed by atoms with Crippen LogP contribution in [0.25, 0.3) is 0 Å². The van der Waals surface area contributed by atoms with Crippen molar-refractivity contribution in [1.82, 2.24) is 4.98 Å². The van der Waals surface area contributed by atoms with Crippen LogP contribution in [0.4, 0.5) is 17.3 Å². The summed E-state index contributed by atoms with van der Waals surface area (Å²) in [6.45, 7) is 8.96. The molecule has 1 aromatic rings. The second-order valence-corrected chi connectivity index (χ2v) is 6.18. The summed E-state index contributed by atoms with van der Waals surface area (Å²) in [6.07, 6.45) is 0.100. The molecule has 1 atom stereocenters. The molecule has 0 aliphatic rings. The zero-order valence-electron chi connectivity index (χ0n) is 13.0. The summed E-state index contributed by atoms with van der Waals surface area (Å²) < 4.78 is 0. The van der Waals surface area contributed by atoms with E-state index in [1.807, 2.05) is 27.7 Å². The first-order valence-electron chi connectivity index (χ1n) is 7.03. The van der Waals surface area contributed by atoms with Crippen molar-refractivity contribution in [3.8, 4) is 0 Å². The number of nitrogens with zero attached hydrogens (tertiary/aromatic N) is 2. The van der Waals surface area contributed by atoms with Crippen molar-refractivity contribution in [1.29, 1.82) is 0 Å². The number of aliphatic hydroxyl groups excluding tert-OH is 1. The summed E-state index contributed by atoms with van der Waals surface area (Å²) >= 11 is 0. The van der Waals surface area contributed by atoms with Gasteiger partial charge in [0.25, 0.3) is 5.69 Å². The maximum absolute atomic E-state index is 10.9. The lowest BCUT2D eigenvalue weighted by molar-refractivity contribution is -0.384. The van der Waals surface area contributed by atoms with E-state index in [0.717, 1.165) is 0 Å². The maximum Gasteiger partial charge on any atom is 0.276 e. The first-order valence-corrected chi connectivity index (χ1v) is 7.03. The summed E-state index contributed by atoms with van der Waals surface area (Å²) in [4.78, 5) is 14.7. The fourth-order valence-electron chi connectivity index (χ4n) is 1.99. The van der Waals surface area contributed by atoms with Gasteiger partial charge in [-0.15, -0.1) is 0 Å². The predicted molar refractivity (Wildman–Crippen MR) is 83.6 cm³/mol. The van der Waals surface area contributed by atoms with Gasteiger partial charge in [0.1, 0.15) is 11.6 Å². The zero-order chi connectivity index (χ0) is 16.0. The minimum atomic E-state index is -0.534. The van der Waals surface area contributed by atoms with Crippen molar-refractivity contribution < 1.29 is 10.0 Å². The molecule has 3 N–H and O–H groups in total. The van der Waals surface area contributed by atoms with Crippen molar-refractivity contribution in [3.63, 3.8) is 0 Å². The molecule has 1 unspecified atom stereocenters. The van der Waals surface area contributed by atoms with Crippen molar-refractivity contribution in [2.45, 2.75) is 40.2 Å². The number of aromatic nitrogens is 1. The Hall–Kier alpha value is -1.89. The zero-order valence-corrected chi connectivity index (χ0v) is 13.0. The number of aliphatic hydroxyl groups is 1. The highest BCUT2D eigenvalue weighted by Crippen LogP contribution is 2.23. The molecule has 21 heavy (non-hydrogen) atoms. The molecule has 0 saturated carbocycles. The van der Waals surface area contributed by atoms with Gasteiger partial charge in [0, 0.05) is 13.1 Å². The molecule has 0 aliphatic carbocycles. The Kier molecular flexibility index (Phi) is 5.90. The van der Waals surface area contributed by atoms with E-state index in [-0.39, 0.29) is 11.1 Å². The third-order valence-electron chi connectivity index (χ3n) is 2.75. The number of hydrogen-bond acceptors (Lipinski definition) is 6. The van der Waals surface area contributed by atoms with Crippen molar-refractivity contribution in [2.75, 3.05) is 23.7 Å². The number of nitrogens with one attached hydrogen (secondary N) is 2. The summed E-state index contributed by atoms with van der Waals surface area (Å²) in [5.74, 6) is 0.827. The van der Waals surface area contributed by atoms with Crippen molar-refractivity contribution in [2.24, 2.45) is 5.41 Å². The lowest BCUT2D eigenvalue weighted by Crippen LogP contribution is -2.25. The molecular weight excluding hydrogens is 272 g/mol. The van der Waals surface area contributed by atoms with Gasteiger partial charge in [0.05, 0.1) is 23.2 Å². The minimum Gasteiger partial charge on any atom is -0.391 e. The van der Waals surface area contributed by atoms with E-state index in [2.05, 4.69) is 15.6 Å². The van der Waals surface area contributed by atoms with Crippen LogP contribution in [0.1, 0.15) is 34.1 Å². The molecule has 0 spiro atoms. The molecule has 0 aromatic carbocycles. The topological polar surface area (TPSA) is 100 Å². The Balaban J connectivity index is 2.75. The number of anilines is 2. The highest BCUT2D eigenvalue weighted by Gasteiger charge is 2.17. The number of pyridine rings is 1. The van der Waals surface area contributed by atoms with Crippen molar-refractivity contribution in [3.05, 3.63) is 22.2 Å². The Morgan fingerprint density at radius 1 is 1.33 bits per heavy atom. The molecular formula is C14H24N4O3. The van der Waals surface area contributed by atoms with Gasteiger partial charge in [-0.2, -0.15) is 0 Å². The van der Waals surface area contributed by atoms with Crippen LogP contribution < -0.4 is 10.6 Å². The molecule has 1 rings (SSSR count). The molecule has 118 valence electrons. The van der Waals surface area contributed by atoms with E-state index in [0.29, 0.717) is 31.1 Å². The highest BCUT2D eigenvalue weighted by molar-refractivity contribution is 5.54. The normalized spacial score (nSPS) is 12.8. The van der Waals surface area contributed by atoms with Gasteiger partial charge in [0.2, 0.25) is 0 Å². The second-order valence-electron chi connectivity index (χ2n) is 6.18. The van der Waals surface area contributed by atoms with Crippen LogP contribution in [0.15, 0.2) is 12.1 Å². The predicted octanol–water partition coefficient (Wildman–Crippen LogP) is 2.63. The molecule has 0 saturated heterocycles. The lowest BCUT2D eigenvalue weighted by Gasteiger charge is -2.22. The average molecular weight is 296 g/mol. The van der Waals surface area contributed by atoms with E-state index in [1.54, 1.807) is 0 Å². The van der Waals surface area contributed by atoms with Crippen LogP contribution in [0.3, 0.4) is 0 Å². The van der Waals surface area contributed by atoms with E-state index >= 15 is 0 Å². The SMILES string of the molecule is CCNc1cc([N+](=O)[O-])cc(NCC(O)CC(C)(C)C)n1. The molecule has 1 aromatic heterocycles. The first-order chi connectivity index (χ1) is 9.71. The van der Waals surface area contributed by atoms with Crippen LogP contribution in [0.2, 0.25) is 0 Å². The third-order valence-corrected chi connectivity index (χ3v) is 2.75. The van der Waals surface area contributed by atoms with Crippen molar-refractivity contribution >= 4 is 17.3 Å². The van der Waals surface area contributed by atoms with Crippen LogP contribution in [-0.2, 0) is 0 Å². The third kappa shape index (κ3) is 6.40. The molecule has 1 heterocycles. The monoisotopic (exact) mass is 296 g/mol. The Morgan fingerprint density at radius 3 is 2.38 bits per heavy atom. The molecule has 0 radical (unpaired) electrons. The number of nitro groups is 1. The largest absolute Gasteiger partial charge is 0.391 e. The summed E-state index contributed by atoms with van der Waals surface area (Å²) in [5.41, 5.74) is -0.0136. The van der Waals surface area contributed by atoms with Gasteiger partial charge in [0.15, 0.2) is 0 Å². The Labute approximate surface area is 124 Å². The van der Waals surface area contributed by atoms with E-state index < -0.39 is 11.0 Å². The number of rotatable bonds is 7. The Morgan fingerprint density at radius 2 is 1.90 bits per heavy atom. The van der Waals surface area contributed by atoms with E-state index in [9.17, 15) is 15.2 Å². The van der Waals surface area contributed by atoms with Crippen LogP contribution in [-0.4, -0.2) is 34.2 Å². The van der Waals surface area contributed by atoms with Crippen LogP contribution in [0, 0.1) is 15.5 Å². The van der Waals surface area contributed by atoms with Gasteiger partial charge in [-0.3, -0.25) is 10.1 Å². The summed E-state index contributed by atoms with van der Waals surface area (Å²) in [7, 11) is 0. The van der Waals surface area contributed by atoms with Crippen LogP contribution >= 0.6 is 0 Å². The van der Waals surface area contributed by atoms with E-state index in [4.69, 9.17) is 0 Å². The Bertz CT molecular complexity index is 486. The van der Waals surface area contributed by atoms with Gasteiger partial charge in [-0.1, -0.05) is 20.8 Å². The van der Waals surface area contributed by atoms with Crippen LogP contribution in [0.5, 0.6) is 0 Å². The second kappa shape index (κ2) is 7.21. The van der Waals surface area contributed by atoms with E-state index in [1.165, 1.54) is 12.1 Å². The molecule has 0 fully saturated rings. The fraction of sp³-hybridized carbons (Fsp3) is 0.643. The van der Waals surface area contributed by atoms with Gasteiger partial charge in [-0.25, -0.2) is 4.98 Å². The summed E-state index contributed by atoms with van der Waals surface area (Å²) in [6, 6.07) is 2.75. The number of hydrogen-bond donors (Lipinski definition) is 3. The molecule has 7 nitrogen and oxygen atoms in total. The molecule has 0 amide bonds. The summed E-state index contributed by atoms with van der Waals surface area (Å²) in [5, 5.41) is 26.8. The lowest BCUT2D eigenvalue weighted by atomic mass is 9.89. The molecule has 7 heteroatoms. The minimum absolute atomic E-state index is 0.0200. The van der Waals surface area contributed by atoms with Gasteiger partial charge in [-0.05, 0) is 18.8 Å². The highest BCUT2D eigenvalue weighted by atomic mass is 16.6. The average Bonchev–Trinajstić information content (AvgIpc) is 2.34. The van der Waals surface area contributed by atoms with Gasteiger partial charge < -0.3 is 15.7 Å². The fourth-order valence-corrected chi connectivity index (χ4v) is 1.99. The molecule has 0 bridgehead atoms. The molecule has 0 aliphatic heterocycles. The maximum atomic E-state index is 10.9.